The van der Waals surface area contributed by atoms with Gasteiger partial charge in [0.15, 0.2) is 0 Å². The second-order valence-electron chi connectivity index (χ2n) is 9.70. The summed E-state index contributed by atoms with van der Waals surface area (Å²) in [7, 11) is 0. The van der Waals surface area contributed by atoms with E-state index < -0.39 is 23.3 Å². The van der Waals surface area contributed by atoms with Crippen LogP contribution in [0, 0.1) is 5.82 Å². The number of carbonyl (C=O) groups excluding carboxylic acids is 1. The third kappa shape index (κ3) is 6.72. The minimum atomic E-state index is -1.06. The van der Waals surface area contributed by atoms with E-state index in [0.29, 0.717) is 5.56 Å². The molecule has 1 heterocycles. The summed E-state index contributed by atoms with van der Waals surface area (Å²) in [4.78, 5) is 23.3. The maximum Gasteiger partial charge on any atom is 0.408 e. The molecule has 6 nitrogen and oxygen atoms in total. The number of furan rings is 1. The molecular weight excluding hydrogens is 541 g/mol. The Morgan fingerprint density at radius 1 is 0.951 bits per heavy atom. The van der Waals surface area contributed by atoms with Crippen molar-refractivity contribution < 1.29 is 28.2 Å². The van der Waals surface area contributed by atoms with Gasteiger partial charge in [0.2, 0.25) is 0 Å². The quantitative estimate of drug-likeness (QED) is 0.122. The Balaban J connectivity index is 1.28. The summed E-state index contributed by atoms with van der Waals surface area (Å²) >= 11 is 1.15. The molecule has 1 unspecified atom stereocenters. The number of benzene rings is 4. The van der Waals surface area contributed by atoms with E-state index in [0.717, 1.165) is 68.8 Å². The van der Waals surface area contributed by atoms with Crippen molar-refractivity contribution in [2.75, 3.05) is 6.61 Å². The molecule has 0 saturated carbocycles. The van der Waals surface area contributed by atoms with E-state index in [1.807, 2.05) is 67.6 Å². The molecule has 8 heteroatoms. The normalized spacial score (nSPS) is 12.0. The van der Waals surface area contributed by atoms with Crippen LogP contribution >= 0.6 is 11.8 Å². The van der Waals surface area contributed by atoms with Crippen LogP contribution in [0.1, 0.15) is 31.7 Å². The maximum absolute atomic E-state index is 15.1. The molecule has 5 rings (SSSR count). The van der Waals surface area contributed by atoms with E-state index in [1.54, 1.807) is 6.07 Å². The van der Waals surface area contributed by atoms with Gasteiger partial charge in [0, 0.05) is 22.1 Å². The number of carboxylic acids is 1. The monoisotopic (exact) mass is 571 g/mol. The van der Waals surface area contributed by atoms with Gasteiger partial charge in [0.1, 0.15) is 17.0 Å². The Labute approximate surface area is 241 Å². The molecule has 0 fully saturated rings. The van der Waals surface area contributed by atoms with Crippen LogP contribution in [0.25, 0.3) is 44.2 Å². The van der Waals surface area contributed by atoms with Crippen molar-refractivity contribution in [2.24, 2.45) is 0 Å². The molecule has 0 aliphatic rings. The van der Waals surface area contributed by atoms with Crippen LogP contribution < -0.4 is 5.32 Å². The van der Waals surface area contributed by atoms with Crippen molar-refractivity contribution >= 4 is 45.8 Å². The molecule has 0 spiro atoms. The number of thioether (sulfide) groups is 1. The second-order valence-corrected chi connectivity index (χ2v) is 10.9. The van der Waals surface area contributed by atoms with Gasteiger partial charge < -0.3 is 19.6 Å². The van der Waals surface area contributed by atoms with Gasteiger partial charge in [-0.2, -0.15) is 0 Å². The Morgan fingerprint density at radius 3 is 2.44 bits per heavy atom. The van der Waals surface area contributed by atoms with Gasteiger partial charge in [0.05, 0.1) is 18.4 Å². The van der Waals surface area contributed by atoms with E-state index in [2.05, 4.69) is 17.4 Å². The summed E-state index contributed by atoms with van der Waals surface area (Å²) in [6.45, 7) is 2.24. The number of unbranched alkanes of at least 4 members (excludes halogenated alkanes) is 1. The zero-order valence-corrected chi connectivity index (χ0v) is 23.4. The van der Waals surface area contributed by atoms with Crippen molar-refractivity contribution in [3.8, 4) is 22.3 Å². The van der Waals surface area contributed by atoms with Gasteiger partial charge in [-0.05, 0) is 40.8 Å². The molecule has 210 valence electrons. The number of alkyl carbamates (subject to hydrolysis) is 1. The van der Waals surface area contributed by atoms with Crippen LogP contribution in [0.3, 0.4) is 0 Å². The van der Waals surface area contributed by atoms with E-state index in [4.69, 9.17) is 9.15 Å². The predicted octanol–water partition coefficient (Wildman–Crippen LogP) is 8.62. The van der Waals surface area contributed by atoms with Crippen molar-refractivity contribution in [2.45, 2.75) is 37.3 Å². The van der Waals surface area contributed by atoms with Crippen LogP contribution in [0.5, 0.6) is 0 Å². The highest BCUT2D eigenvalue weighted by atomic mass is 32.2. The molecule has 0 aliphatic carbocycles. The van der Waals surface area contributed by atoms with E-state index in [9.17, 15) is 14.7 Å². The second kappa shape index (κ2) is 12.9. The highest BCUT2D eigenvalue weighted by Gasteiger charge is 2.19. The van der Waals surface area contributed by atoms with Crippen LogP contribution in [-0.4, -0.2) is 29.1 Å². The van der Waals surface area contributed by atoms with Gasteiger partial charge in [-0.25, -0.2) is 9.18 Å². The standard InChI is InChI=1S/C33H30FNO5S/c1-2-3-17-39-33(38)35-30(19-31(36)37)41-20-24-16-15-23(18-28(24)34)21-11-13-22(14-12-21)25-8-6-9-27-26-7-4-5-10-29(26)40-32(25)27/h4-16,18,30H,2-3,17,19-20H2,1H3,(H,35,38)(H,36,37). The lowest BCUT2D eigenvalue weighted by Crippen LogP contribution is -2.35. The number of aliphatic carboxylic acids is 1. The van der Waals surface area contributed by atoms with Crippen molar-refractivity contribution in [3.63, 3.8) is 0 Å². The van der Waals surface area contributed by atoms with Gasteiger partial charge >= 0.3 is 12.1 Å². The fraction of sp³-hybridized carbons (Fsp3) is 0.212. The average molecular weight is 572 g/mol. The molecular formula is C33H30FNO5S. The number of halogens is 1. The van der Waals surface area contributed by atoms with E-state index in [1.165, 1.54) is 6.07 Å². The maximum atomic E-state index is 15.1. The number of fused-ring (bicyclic) bond motifs is 3. The topological polar surface area (TPSA) is 88.8 Å². The van der Waals surface area contributed by atoms with Crippen molar-refractivity contribution in [3.05, 3.63) is 96.3 Å². The molecule has 1 aromatic heterocycles. The summed E-state index contributed by atoms with van der Waals surface area (Å²) < 4.78 is 26.3. The molecule has 41 heavy (non-hydrogen) atoms. The zero-order chi connectivity index (χ0) is 28.8. The molecule has 0 saturated heterocycles. The number of amides is 1. The summed E-state index contributed by atoms with van der Waals surface area (Å²) in [5.41, 5.74) is 5.67. The first-order valence-corrected chi connectivity index (χ1v) is 14.5. The molecule has 1 amide bonds. The molecule has 5 aromatic rings. The molecule has 0 aliphatic heterocycles. The van der Waals surface area contributed by atoms with Gasteiger partial charge in [0.25, 0.3) is 0 Å². The number of rotatable bonds is 11. The fourth-order valence-electron chi connectivity index (χ4n) is 4.64. The molecule has 4 aromatic carbocycles. The lowest BCUT2D eigenvalue weighted by molar-refractivity contribution is -0.137. The zero-order valence-electron chi connectivity index (χ0n) is 22.6. The largest absolute Gasteiger partial charge is 0.481 e. The van der Waals surface area contributed by atoms with Crippen molar-refractivity contribution in [1.82, 2.24) is 5.32 Å². The Hall–Kier alpha value is -4.30. The van der Waals surface area contributed by atoms with Crippen LogP contribution in [0.4, 0.5) is 9.18 Å². The lowest BCUT2D eigenvalue weighted by atomic mass is 9.98. The average Bonchev–Trinajstić information content (AvgIpc) is 3.35. The first-order chi connectivity index (χ1) is 19.9. The summed E-state index contributed by atoms with van der Waals surface area (Å²) in [5, 5.41) is 13.2. The summed E-state index contributed by atoms with van der Waals surface area (Å²) in [6.07, 6.45) is 0.621. The predicted molar refractivity (Wildman–Crippen MR) is 161 cm³/mol. The van der Waals surface area contributed by atoms with Gasteiger partial charge in [-0.1, -0.05) is 86.1 Å². The van der Waals surface area contributed by atoms with Crippen LogP contribution in [0.15, 0.2) is 89.3 Å². The minimum Gasteiger partial charge on any atom is -0.481 e. The highest BCUT2D eigenvalue weighted by Crippen LogP contribution is 2.36. The highest BCUT2D eigenvalue weighted by molar-refractivity contribution is 7.99. The fourth-order valence-corrected chi connectivity index (χ4v) is 5.70. The number of carbonyl (C=O) groups is 2. The van der Waals surface area contributed by atoms with E-state index >= 15 is 4.39 Å². The van der Waals surface area contributed by atoms with Crippen LogP contribution in [-0.2, 0) is 15.3 Å². The van der Waals surface area contributed by atoms with Crippen LogP contribution in [0.2, 0.25) is 0 Å². The van der Waals surface area contributed by atoms with E-state index in [-0.39, 0.29) is 18.8 Å². The third-order valence-corrected chi connectivity index (χ3v) is 7.96. The molecule has 2 N–H and O–H groups in total. The first-order valence-electron chi connectivity index (χ1n) is 13.5. The molecule has 1 atom stereocenters. The number of ether oxygens (including phenoxy) is 1. The van der Waals surface area contributed by atoms with Crippen molar-refractivity contribution in [1.29, 1.82) is 0 Å². The lowest BCUT2D eigenvalue weighted by Gasteiger charge is -2.17. The number of hydrogen-bond donors (Lipinski definition) is 2. The molecule has 0 radical (unpaired) electrons. The number of nitrogens with one attached hydrogen (secondary N) is 1. The Morgan fingerprint density at radius 2 is 1.68 bits per heavy atom. The first kappa shape index (κ1) is 28.2. The third-order valence-electron chi connectivity index (χ3n) is 6.80. The summed E-state index contributed by atoms with van der Waals surface area (Å²) in [6, 6.07) is 27.0. The van der Waals surface area contributed by atoms with Gasteiger partial charge in [-0.3, -0.25) is 4.79 Å². The van der Waals surface area contributed by atoms with Gasteiger partial charge in [-0.15, -0.1) is 11.8 Å². The smallest absolute Gasteiger partial charge is 0.408 e. The Kier molecular flexibility index (Phi) is 8.89. The minimum absolute atomic E-state index is 0.194. The number of para-hydroxylation sites is 2. The number of carboxylic acid groups (broad SMARTS) is 1. The molecule has 0 bridgehead atoms. The SMILES string of the molecule is CCCCOC(=O)NC(CC(=O)O)SCc1ccc(-c2ccc(-c3cccc4c3oc3ccccc34)cc2)cc1F. The Bertz CT molecular complexity index is 1680. The summed E-state index contributed by atoms with van der Waals surface area (Å²) in [5.74, 6) is -1.27. The number of hydrogen-bond acceptors (Lipinski definition) is 5.